The molecule has 0 spiro atoms. The summed E-state index contributed by atoms with van der Waals surface area (Å²) in [6.07, 6.45) is 1.51. The molecule has 0 saturated carbocycles. The molecule has 0 fully saturated rings. The lowest BCUT2D eigenvalue weighted by Crippen LogP contribution is -2.23. The first-order valence-corrected chi connectivity index (χ1v) is 9.08. The predicted molar refractivity (Wildman–Crippen MR) is 97.8 cm³/mol. The molecular formula is C17H15N3O2S2. The maximum Gasteiger partial charge on any atom is 0.237 e. The molecule has 5 nitrogen and oxygen atoms in total. The zero-order chi connectivity index (χ0) is 17.1. The molecule has 24 heavy (non-hydrogen) atoms. The van der Waals surface area contributed by atoms with Crippen molar-refractivity contribution in [3.63, 3.8) is 0 Å². The zero-order valence-electron chi connectivity index (χ0n) is 13.1. The highest BCUT2D eigenvalue weighted by Crippen LogP contribution is 2.31. The molecule has 0 aliphatic carbocycles. The van der Waals surface area contributed by atoms with Crippen LogP contribution in [0.15, 0.2) is 47.1 Å². The number of carbonyl (C=O) groups excluding carboxylic acids is 2. The number of hydrogen-bond donors (Lipinski definition) is 1. The van der Waals surface area contributed by atoms with Gasteiger partial charge in [-0.2, -0.15) is 0 Å². The molecule has 0 aliphatic rings. The molecule has 0 saturated heterocycles. The van der Waals surface area contributed by atoms with E-state index in [0.29, 0.717) is 11.3 Å². The van der Waals surface area contributed by atoms with Gasteiger partial charge in [-0.25, -0.2) is 9.97 Å². The molecular weight excluding hydrogens is 342 g/mol. The van der Waals surface area contributed by atoms with Gasteiger partial charge in [0.05, 0.1) is 21.2 Å². The molecule has 0 unspecified atom stereocenters. The van der Waals surface area contributed by atoms with Crippen molar-refractivity contribution in [2.75, 3.05) is 5.32 Å². The van der Waals surface area contributed by atoms with Crippen LogP contribution in [0.3, 0.4) is 0 Å². The molecule has 1 amide bonds. The third-order valence-corrected chi connectivity index (χ3v) is 5.57. The van der Waals surface area contributed by atoms with Crippen LogP contribution in [0.25, 0.3) is 10.2 Å². The van der Waals surface area contributed by atoms with E-state index in [1.165, 1.54) is 25.0 Å². The average molecular weight is 357 g/mol. The highest BCUT2D eigenvalue weighted by atomic mass is 32.2. The van der Waals surface area contributed by atoms with Crippen LogP contribution in [-0.4, -0.2) is 26.9 Å². The topological polar surface area (TPSA) is 72.0 Å². The van der Waals surface area contributed by atoms with Crippen molar-refractivity contribution in [3.05, 3.63) is 47.6 Å². The molecule has 0 aliphatic heterocycles. The number of thioether (sulfide) groups is 1. The lowest BCUT2D eigenvalue weighted by Gasteiger charge is -2.13. The minimum Gasteiger partial charge on any atom is -0.324 e. The van der Waals surface area contributed by atoms with E-state index < -0.39 is 0 Å². The smallest absolute Gasteiger partial charge is 0.237 e. The summed E-state index contributed by atoms with van der Waals surface area (Å²) in [5.41, 5.74) is 1.92. The SMILES string of the molecule is CC(=O)c1ccccc1NC(=O)[C@@H](C)Sc1ncnc2ccsc12. The van der Waals surface area contributed by atoms with Gasteiger partial charge in [0.2, 0.25) is 5.91 Å². The van der Waals surface area contributed by atoms with E-state index in [9.17, 15) is 9.59 Å². The first kappa shape index (κ1) is 16.6. The number of anilines is 1. The van der Waals surface area contributed by atoms with Crippen LogP contribution >= 0.6 is 23.1 Å². The quantitative estimate of drug-likeness (QED) is 0.424. The second-order valence-corrected chi connectivity index (χ2v) is 7.41. The molecule has 2 aromatic heterocycles. The second-order valence-electron chi connectivity index (χ2n) is 5.16. The van der Waals surface area contributed by atoms with Crippen LogP contribution in [0.1, 0.15) is 24.2 Å². The summed E-state index contributed by atoms with van der Waals surface area (Å²) in [6.45, 7) is 3.30. The Morgan fingerprint density at radius 3 is 2.79 bits per heavy atom. The van der Waals surface area contributed by atoms with Crippen LogP contribution < -0.4 is 5.32 Å². The van der Waals surface area contributed by atoms with Crippen molar-refractivity contribution in [2.45, 2.75) is 24.1 Å². The Labute approximate surface area is 147 Å². The predicted octanol–water partition coefficient (Wildman–Crippen LogP) is 4.01. The number of carbonyl (C=O) groups is 2. The molecule has 2 heterocycles. The Bertz CT molecular complexity index is 907. The van der Waals surface area contributed by atoms with Gasteiger partial charge in [0.15, 0.2) is 5.78 Å². The van der Waals surface area contributed by atoms with E-state index in [4.69, 9.17) is 0 Å². The van der Waals surface area contributed by atoms with Crippen molar-refractivity contribution in [1.29, 1.82) is 0 Å². The number of fused-ring (bicyclic) bond motifs is 1. The van der Waals surface area contributed by atoms with Crippen LogP contribution in [0.5, 0.6) is 0 Å². The highest BCUT2D eigenvalue weighted by Gasteiger charge is 2.19. The van der Waals surface area contributed by atoms with Gasteiger partial charge in [-0.3, -0.25) is 9.59 Å². The van der Waals surface area contributed by atoms with Gasteiger partial charge >= 0.3 is 0 Å². The minimum atomic E-state index is -0.356. The van der Waals surface area contributed by atoms with Gasteiger partial charge in [0.25, 0.3) is 0 Å². The van der Waals surface area contributed by atoms with Gasteiger partial charge in [-0.1, -0.05) is 23.9 Å². The maximum atomic E-state index is 12.5. The van der Waals surface area contributed by atoms with Crippen molar-refractivity contribution < 1.29 is 9.59 Å². The minimum absolute atomic E-state index is 0.0812. The fourth-order valence-corrected chi connectivity index (χ4v) is 4.04. The third-order valence-electron chi connectivity index (χ3n) is 3.43. The molecule has 1 atom stereocenters. The number of benzene rings is 1. The number of nitrogens with zero attached hydrogens (tertiary/aromatic N) is 2. The fourth-order valence-electron chi connectivity index (χ4n) is 2.20. The summed E-state index contributed by atoms with van der Waals surface area (Å²) >= 11 is 2.94. The third kappa shape index (κ3) is 3.47. The largest absolute Gasteiger partial charge is 0.324 e. The summed E-state index contributed by atoms with van der Waals surface area (Å²) in [4.78, 5) is 32.6. The number of nitrogens with one attached hydrogen (secondary N) is 1. The summed E-state index contributed by atoms with van der Waals surface area (Å²) in [7, 11) is 0. The summed E-state index contributed by atoms with van der Waals surface area (Å²) in [6, 6.07) is 8.93. The Balaban J connectivity index is 1.76. The van der Waals surface area contributed by atoms with E-state index >= 15 is 0 Å². The van der Waals surface area contributed by atoms with Crippen molar-refractivity contribution in [1.82, 2.24) is 9.97 Å². The second kappa shape index (κ2) is 7.11. The van der Waals surface area contributed by atoms with Crippen molar-refractivity contribution >= 4 is 50.7 Å². The monoisotopic (exact) mass is 357 g/mol. The van der Waals surface area contributed by atoms with Crippen molar-refractivity contribution in [2.24, 2.45) is 0 Å². The van der Waals surface area contributed by atoms with Crippen LogP contribution in [0.2, 0.25) is 0 Å². The van der Waals surface area contributed by atoms with Gasteiger partial charge in [-0.15, -0.1) is 11.3 Å². The number of aromatic nitrogens is 2. The Kier molecular flexibility index (Phi) is 4.92. The molecule has 0 bridgehead atoms. The molecule has 7 heteroatoms. The van der Waals surface area contributed by atoms with E-state index in [0.717, 1.165) is 15.2 Å². The van der Waals surface area contributed by atoms with E-state index in [1.807, 2.05) is 18.4 Å². The standard InChI is InChI=1S/C17H15N3O2S2/c1-10(21)12-5-3-4-6-13(12)20-16(22)11(2)24-17-15-14(7-8-23-15)18-9-19-17/h3-9,11H,1-2H3,(H,20,22)/t11-/m1/s1. The first-order valence-electron chi connectivity index (χ1n) is 7.32. The van der Waals surface area contributed by atoms with Crippen molar-refractivity contribution in [3.8, 4) is 0 Å². The molecule has 3 aromatic rings. The van der Waals surface area contributed by atoms with Crippen LogP contribution in [-0.2, 0) is 4.79 Å². The van der Waals surface area contributed by atoms with E-state index in [-0.39, 0.29) is 16.9 Å². The number of amides is 1. The van der Waals surface area contributed by atoms with Crippen LogP contribution in [0.4, 0.5) is 5.69 Å². The Hall–Kier alpha value is -2.25. The number of para-hydroxylation sites is 1. The first-order chi connectivity index (χ1) is 11.6. The number of hydrogen-bond acceptors (Lipinski definition) is 6. The normalized spacial score (nSPS) is 12.1. The molecule has 1 N–H and O–H groups in total. The zero-order valence-corrected chi connectivity index (χ0v) is 14.8. The number of ketones is 1. The number of rotatable bonds is 5. The lowest BCUT2D eigenvalue weighted by atomic mass is 10.1. The molecule has 0 radical (unpaired) electrons. The number of Topliss-reactive ketones (excluding diaryl/α,β-unsaturated/α-hetero) is 1. The lowest BCUT2D eigenvalue weighted by molar-refractivity contribution is -0.115. The summed E-state index contributed by atoms with van der Waals surface area (Å²) in [5.74, 6) is -0.251. The summed E-state index contributed by atoms with van der Waals surface area (Å²) in [5, 5.41) is 5.22. The van der Waals surface area contributed by atoms with E-state index in [2.05, 4.69) is 15.3 Å². The van der Waals surface area contributed by atoms with E-state index in [1.54, 1.807) is 35.6 Å². The molecule has 3 rings (SSSR count). The Morgan fingerprint density at radius 2 is 2.00 bits per heavy atom. The van der Waals surface area contributed by atoms with Gasteiger partial charge in [0.1, 0.15) is 11.4 Å². The molecule has 122 valence electrons. The maximum absolute atomic E-state index is 12.5. The number of thiophene rings is 1. The highest BCUT2D eigenvalue weighted by molar-refractivity contribution is 8.00. The van der Waals surface area contributed by atoms with Gasteiger partial charge < -0.3 is 5.32 Å². The van der Waals surface area contributed by atoms with Gasteiger partial charge in [0, 0.05) is 5.56 Å². The fraction of sp³-hybridized carbons (Fsp3) is 0.176. The summed E-state index contributed by atoms with van der Waals surface area (Å²) < 4.78 is 0.978. The molecule has 1 aromatic carbocycles. The average Bonchev–Trinajstić information content (AvgIpc) is 3.04. The van der Waals surface area contributed by atoms with Gasteiger partial charge in [-0.05, 0) is 37.4 Å². The van der Waals surface area contributed by atoms with Crippen LogP contribution in [0, 0.1) is 0 Å². The Morgan fingerprint density at radius 1 is 1.21 bits per heavy atom.